The van der Waals surface area contributed by atoms with Gasteiger partial charge >= 0.3 is 5.97 Å². The molecule has 0 bridgehead atoms. The molecule has 152 valence electrons. The maximum atomic E-state index is 8.73. The highest BCUT2D eigenvalue weighted by Crippen LogP contribution is 2.09. The number of nitrogens with two attached hydrogens (primary N) is 1. The summed E-state index contributed by atoms with van der Waals surface area (Å²) in [6.07, 6.45) is 22.8. The van der Waals surface area contributed by atoms with Crippen molar-refractivity contribution in [2.45, 2.75) is 103 Å². The van der Waals surface area contributed by atoms with Crippen LogP contribution in [0.3, 0.4) is 0 Å². The second-order valence-corrected chi connectivity index (χ2v) is 6.99. The first-order chi connectivity index (χ1) is 11.6. The Kier molecular flexibility index (Phi) is 22.2. The molecule has 0 aliphatic rings. The number of aliphatic hydroxyl groups is 3. The topological polar surface area (TPSA) is 77.3 Å². The third-order valence-corrected chi connectivity index (χ3v) is 4.34. The minimum absolute atomic E-state index is 0. The zero-order valence-corrected chi connectivity index (χ0v) is 17.9. The summed E-state index contributed by atoms with van der Waals surface area (Å²) in [5.74, 6) is -2.53. The number of unbranched alkanes of at least 4 members (excludes halogenated alkanes) is 12. The van der Waals surface area contributed by atoms with Crippen molar-refractivity contribution in [1.29, 1.82) is 0 Å². The van der Waals surface area contributed by atoms with Gasteiger partial charge in [0.1, 0.15) is 0 Å². The Bertz CT molecular complexity index is 281. The molecule has 0 rings (SSSR count). The number of rotatable bonds is 18. The van der Waals surface area contributed by atoms with E-state index in [-0.39, 0.29) is 23.5 Å². The van der Waals surface area contributed by atoms with Crippen LogP contribution in [0.5, 0.6) is 0 Å². The summed E-state index contributed by atoms with van der Waals surface area (Å²) < 4.78 is 0. The lowest BCUT2D eigenvalue weighted by Gasteiger charge is -2.11. The third-order valence-electron chi connectivity index (χ3n) is 4.34. The van der Waals surface area contributed by atoms with Crippen molar-refractivity contribution in [3.05, 3.63) is 12.2 Å². The lowest BCUT2D eigenvalue weighted by Crippen LogP contribution is -3.00. The first-order valence-electron chi connectivity index (χ1n) is 10.2. The van der Waals surface area contributed by atoms with Crippen LogP contribution in [0.1, 0.15) is 96.8 Å². The second-order valence-electron chi connectivity index (χ2n) is 6.99. The van der Waals surface area contributed by atoms with Crippen molar-refractivity contribution < 1.29 is 37.6 Å². The van der Waals surface area contributed by atoms with Gasteiger partial charge in [-0.15, -0.1) is 0 Å². The van der Waals surface area contributed by atoms with E-state index >= 15 is 0 Å². The smallest absolute Gasteiger partial charge is 0.327 e. The number of hydrogen-bond donors (Lipinski definition) is 4. The molecule has 25 heavy (non-hydrogen) atoms. The summed E-state index contributed by atoms with van der Waals surface area (Å²) in [6, 6.07) is 0. The van der Waals surface area contributed by atoms with Crippen molar-refractivity contribution >= 4 is 0 Å². The Labute approximate surface area is 165 Å². The number of hydrogen-bond acceptors (Lipinski definition) is 3. The summed E-state index contributed by atoms with van der Waals surface area (Å²) in [5, 5.41) is 27.9. The van der Waals surface area contributed by atoms with Crippen LogP contribution in [0.4, 0.5) is 0 Å². The molecule has 5 heteroatoms. The maximum absolute atomic E-state index is 8.73. The van der Waals surface area contributed by atoms with Crippen LogP contribution in [0, 0.1) is 0 Å². The fourth-order valence-electron chi connectivity index (χ4n) is 2.83. The van der Waals surface area contributed by atoms with Gasteiger partial charge in [0.15, 0.2) is 6.54 Å². The van der Waals surface area contributed by atoms with E-state index in [1.807, 2.05) is 0 Å². The Balaban J connectivity index is 0. The summed E-state index contributed by atoms with van der Waals surface area (Å²) in [5.41, 5.74) is 0. The minimum Gasteiger partial charge on any atom is -1.00 e. The lowest BCUT2D eigenvalue weighted by molar-refractivity contribution is -0.688. The zero-order valence-electron chi connectivity index (χ0n) is 16.3. The molecular formula is C20H42BrNO3. The predicted molar refractivity (Wildman–Crippen MR) is 100 cm³/mol. The van der Waals surface area contributed by atoms with E-state index in [0.29, 0.717) is 0 Å². The molecule has 4 nitrogen and oxygen atoms in total. The molecule has 0 saturated carbocycles. The zero-order chi connectivity index (χ0) is 17.9. The van der Waals surface area contributed by atoms with E-state index < -0.39 is 5.97 Å². The molecule has 0 aliphatic heterocycles. The van der Waals surface area contributed by atoms with Crippen molar-refractivity contribution in [1.82, 2.24) is 0 Å². The SMILES string of the molecule is CCCCCCCC/C=C\CCCCCCCC[NH2+]CC(O)(O)O.[Br-]. The molecule has 0 saturated heterocycles. The number of quaternary nitrogens is 1. The molecule has 0 aromatic heterocycles. The van der Waals surface area contributed by atoms with Gasteiger partial charge in [-0.1, -0.05) is 70.4 Å². The third kappa shape index (κ3) is 26.4. The van der Waals surface area contributed by atoms with Gasteiger partial charge in [-0.05, 0) is 38.5 Å². The van der Waals surface area contributed by atoms with Crippen LogP contribution < -0.4 is 22.3 Å². The van der Waals surface area contributed by atoms with Crippen molar-refractivity contribution in [3.63, 3.8) is 0 Å². The quantitative estimate of drug-likeness (QED) is 0.145. The molecular weight excluding hydrogens is 382 g/mol. The highest BCUT2D eigenvalue weighted by molar-refractivity contribution is 4.81. The van der Waals surface area contributed by atoms with Crippen molar-refractivity contribution in [3.8, 4) is 0 Å². The predicted octanol–water partition coefficient (Wildman–Crippen LogP) is 0.222. The largest absolute Gasteiger partial charge is 1.00 e. The fraction of sp³-hybridized carbons (Fsp3) is 0.900. The second kappa shape index (κ2) is 20.4. The molecule has 0 heterocycles. The lowest BCUT2D eigenvalue weighted by atomic mass is 10.1. The summed E-state index contributed by atoms with van der Waals surface area (Å²) in [4.78, 5) is 0. The standard InChI is InChI=1S/C20H41NO3.BrH/c1-2-3-4-5-6-7-8-9-10-11-12-13-14-15-16-17-18-21-19-20(22,23)24;/h9-10,21-24H,2-8,11-19H2,1H3;1H/b10-9-;. The van der Waals surface area contributed by atoms with Gasteiger partial charge < -0.3 is 37.6 Å². The first kappa shape index (κ1) is 27.3. The first-order valence-corrected chi connectivity index (χ1v) is 10.2. The summed E-state index contributed by atoms with van der Waals surface area (Å²) in [6.45, 7) is 3.03. The number of halogens is 1. The Morgan fingerprint density at radius 2 is 1.12 bits per heavy atom. The van der Waals surface area contributed by atoms with Gasteiger partial charge in [0.05, 0.1) is 6.54 Å². The highest BCUT2D eigenvalue weighted by atomic mass is 79.9. The van der Waals surface area contributed by atoms with E-state index in [4.69, 9.17) is 15.3 Å². The fourth-order valence-corrected chi connectivity index (χ4v) is 2.83. The average Bonchev–Trinajstić information content (AvgIpc) is 2.52. The van der Waals surface area contributed by atoms with Crippen LogP contribution in [-0.4, -0.2) is 34.4 Å². The molecule has 0 amide bonds. The van der Waals surface area contributed by atoms with E-state index in [9.17, 15) is 0 Å². The molecule has 0 aliphatic carbocycles. The number of allylic oxidation sites excluding steroid dienone is 2. The van der Waals surface area contributed by atoms with Crippen molar-refractivity contribution in [2.75, 3.05) is 13.1 Å². The maximum Gasteiger partial charge on any atom is 0.327 e. The van der Waals surface area contributed by atoms with Crippen LogP contribution in [0.15, 0.2) is 12.2 Å². The van der Waals surface area contributed by atoms with Gasteiger partial charge in [-0.2, -0.15) is 0 Å². The highest BCUT2D eigenvalue weighted by Gasteiger charge is 2.19. The molecule has 0 aromatic carbocycles. The average molecular weight is 424 g/mol. The summed E-state index contributed by atoms with van der Waals surface area (Å²) >= 11 is 0. The Morgan fingerprint density at radius 3 is 1.60 bits per heavy atom. The van der Waals surface area contributed by atoms with Gasteiger partial charge in [-0.3, -0.25) is 0 Å². The van der Waals surface area contributed by atoms with Crippen LogP contribution in [-0.2, 0) is 0 Å². The molecule has 0 fully saturated rings. The van der Waals surface area contributed by atoms with Gasteiger partial charge in [0.25, 0.3) is 0 Å². The van der Waals surface area contributed by atoms with Crippen LogP contribution in [0.2, 0.25) is 0 Å². The van der Waals surface area contributed by atoms with E-state index in [1.54, 1.807) is 5.32 Å². The normalized spacial score (nSPS) is 11.8. The molecule has 0 spiro atoms. The summed E-state index contributed by atoms with van der Waals surface area (Å²) in [7, 11) is 0. The monoisotopic (exact) mass is 423 g/mol. The molecule has 0 aromatic rings. The Morgan fingerprint density at radius 1 is 0.680 bits per heavy atom. The van der Waals surface area contributed by atoms with Gasteiger partial charge in [0, 0.05) is 0 Å². The van der Waals surface area contributed by atoms with Crippen LogP contribution in [0.25, 0.3) is 0 Å². The Hall–Kier alpha value is 0.0600. The van der Waals surface area contributed by atoms with Gasteiger partial charge in [-0.25, -0.2) is 0 Å². The van der Waals surface area contributed by atoms with E-state index in [0.717, 1.165) is 13.0 Å². The molecule has 0 radical (unpaired) electrons. The molecule has 5 N–H and O–H groups in total. The minimum atomic E-state index is -2.53. The van der Waals surface area contributed by atoms with E-state index in [2.05, 4.69) is 19.1 Å². The van der Waals surface area contributed by atoms with Crippen molar-refractivity contribution in [2.24, 2.45) is 0 Å². The van der Waals surface area contributed by atoms with Gasteiger partial charge in [0.2, 0.25) is 0 Å². The molecule has 0 unspecified atom stereocenters. The van der Waals surface area contributed by atoms with Crippen LogP contribution >= 0.6 is 0 Å². The van der Waals surface area contributed by atoms with E-state index in [1.165, 1.54) is 83.5 Å². The molecule has 0 atom stereocenters.